The van der Waals surface area contributed by atoms with Crippen molar-refractivity contribution in [1.82, 2.24) is 4.57 Å². The minimum Gasteiger partial charge on any atom is -0.493 e. The number of allylic oxidation sites excluding steroid dienone is 2. The number of hydrogen-bond donors (Lipinski definition) is 0. The van der Waals surface area contributed by atoms with E-state index in [9.17, 15) is 9.59 Å². The number of carbonyl (C=O) groups is 1. The van der Waals surface area contributed by atoms with Gasteiger partial charge in [-0.3, -0.25) is 9.36 Å². The van der Waals surface area contributed by atoms with E-state index in [0.717, 1.165) is 11.1 Å². The first-order chi connectivity index (χ1) is 21.2. The highest BCUT2D eigenvalue weighted by atomic mass is 32.1. The van der Waals surface area contributed by atoms with Crippen molar-refractivity contribution < 1.29 is 28.5 Å². The van der Waals surface area contributed by atoms with E-state index in [1.54, 1.807) is 43.7 Å². The highest BCUT2D eigenvalue weighted by Gasteiger charge is 2.34. The summed E-state index contributed by atoms with van der Waals surface area (Å²) in [5.74, 6) is 1.79. The molecular weight excluding hydrogens is 580 g/mol. The fourth-order valence-corrected chi connectivity index (χ4v) is 6.16. The van der Waals surface area contributed by atoms with E-state index in [1.165, 1.54) is 11.3 Å². The Morgan fingerprint density at radius 3 is 2.45 bits per heavy atom. The first-order valence-electron chi connectivity index (χ1n) is 14.7. The predicted molar refractivity (Wildman–Crippen MR) is 172 cm³/mol. The zero-order valence-electron chi connectivity index (χ0n) is 26.4. The number of methoxy groups -OCH3 is 1. The van der Waals surface area contributed by atoms with Crippen LogP contribution in [-0.2, 0) is 16.0 Å². The fourth-order valence-electron chi connectivity index (χ4n) is 5.11. The van der Waals surface area contributed by atoms with E-state index in [4.69, 9.17) is 23.7 Å². The van der Waals surface area contributed by atoms with Gasteiger partial charge in [0.15, 0.2) is 27.8 Å². The number of fused-ring (bicyclic) bond motifs is 1. The van der Waals surface area contributed by atoms with Gasteiger partial charge in [0.25, 0.3) is 5.56 Å². The third-order valence-electron chi connectivity index (χ3n) is 6.79. The number of benzene rings is 2. The quantitative estimate of drug-likeness (QED) is 0.193. The molecule has 0 amide bonds. The van der Waals surface area contributed by atoms with Crippen molar-refractivity contribution in [2.45, 2.75) is 60.1 Å². The Morgan fingerprint density at radius 1 is 1.07 bits per heavy atom. The summed E-state index contributed by atoms with van der Waals surface area (Å²) < 4.78 is 30.8. The molecule has 0 fully saturated rings. The van der Waals surface area contributed by atoms with Crippen LogP contribution in [0.4, 0.5) is 0 Å². The average Bonchev–Trinajstić information content (AvgIpc) is 3.28. The van der Waals surface area contributed by atoms with Crippen molar-refractivity contribution in [2.75, 3.05) is 26.9 Å². The predicted octanol–water partition coefficient (Wildman–Crippen LogP) is 5.12. The highest BCUT2D eigenvalue weighted by Crippen LogP contribution is 2.37. The molecule has 0 saturated heterocycles. The molecule has 0 bridgehead atoms. The van der Waals surface area contributed by atoms with Gasteiger partial charge in [0.05, 0.1) is 54.9 Å². The molecule has 1 aromatic heterocycles. The van der Waals surface area contributed by atoms with Gasteiger partial charge >= 0.3 is 5.97 Å². The molecule has 1 atom stereocenters. The van der Waals surface area contributed by atoms with Gasteiger partial charge in [-0.1, -0.05) is 23.5 Å². The number of nitrogens with zero attached hydrogens (tertiary/aromatic N) is 2. The SMILES string of the molecule is C=CCc1cc(/C=c2\sc3n(c2=O)[C@@H](c2ccc(OC(C)C)c(OC)c2)C(C(=O)OCC)=C(C)N=3)cc(OCC)c1OCC. The van der Waals surface area contributed by atoms with E-state index in [2.05, 4.69) is 11.6 Å². The molecule has 0 aliphatic carbocycles. The van der Waals surface area contributed by atoms with Crippen LogP contribution in [-0.4, -0.2) is 43.6 Å². The van der Waals surface area contributed by atoms with Crippen LogP contribution in [0, 0.1) is 0 Å². The maximum Gasteiger partial charge on any atom is 0.338 e. The van der Waals surface area contributed by atoms with Crippen LogP contribution >= 0.6 is 11.3 Å². The summed E-state index contributed by atoms with van der Waals surface area (Å²) in [6.45, 7) is 16.2. The molecule has 234 valence electrons. The maximum absolute atomic E-state index is 14.2. The zero-order valence-corrected chi connectivity index (χ0v) is 27.2. The standard InChI is InChI=1S/C34H40N2O7S/c1-9-13-24-16-22(17-27(40-10-2)31(24)41-11-3)18-28-32(37)36-30(23-14-15-25(43-20(5)6)26(19-23)39-8)29(33(38)42-12-4)21(7)35-34(36)44-28/h9,14-20,30H,1,10-13H2,2-8H3/b28-18-/t30-/m0/s1. The summed E-state index contributed by atoms with van der Waals surface area (Å²) >= 11 is 1.25. The Labute approximate surface area is 261 Å². The Kier molecular flexibility index (Phi) is 10.7. The van der Waals surface area contributed by atoms with Crippen LogP contribution in [0.2, 0.25) is 0 Å². The second-order valence-electron chi connectivity index (χ2n) is 10.2. The molecule has 10 heteroatoms. The second kappa shape index (κ2) is 14.4. The maximum atomic E-state index is 14.2. The van der Waals surface area contributed by atoms with Gasteiger partial charge in [0.1, 0.15) is 0 Å². The lowest BCUT2D eigenvalue weighted by molar-refractivity contribution is -0.139. The Hall–Kier alpha value is -4.31. The number of thiazole rings is 1. The summed E-state index contributed by atoms with van der Waals surface area (Å²) in [5, 5.41) is 0. The minimum atomic E-state index is -0.787. The summed E-state index contributed by atoms with van der Waals surface area (Å²) in [5.41, 5.74) is 2.83. The zero-order chi connectivity index (χ0) is 32.0. The van der Waals surface area contributed by atoms with Crippen molar-refractivity contribution in [1.29, 1.82) is 0 Å². The van der Waals surface area contributed by atoms with Gasteiger partial charge < -0.3 is 23.7 Å². The van der Waals surface area contributed by atoms with Gasteiger partial charge in [0, 0.05) is 5.56 Å². The molecule has 4 rings (SSSR count). The smallest absolute Gasteiger partial charge is 0.338 e. The molecule has 3 aromatic rings. The molecule has 2 aromatic carbocycles. The summed E-state index contributed by atoms with van der Waals surface area (Å²) in [7, 11) is 1.55. The van der Waals surface area contributed by atoms with E-state index < -0.39 is 12.0 Å². The van der Waals surface area contributed by atoms with Gasteiger partial charge in [-0.15, -0.1) is 6.58 Å². The van der Waals surface area contributed by atoms with Crippen LogP contribution in [0.25, 0.3) is 6.08 Å². The molecule has 0 spiro atoms. The van der Waals surface area contributed by atoms with Crippen molar-refractivity contribution in [3.8, 4) is 23.0 Å². The lowest BCUT2D eigenvalue weighted by Gasteiger charge is -2.25. The van der Waals surface area contributed by atoms with Gasteiger partial charge in [-0.2, -0.15) is 0 Å². The normalized spacial score (nSPS) is 14.6. The van der Waals surface area contributed by atoms with E-state index >= 15 is 0 Å². The molecule has 2 heterocycles. The number of hydrogen-bond acceptors (Lipinski definition) is 9. The van der Waals surface area contributed by atoms with Crippen molar-refractivity contribution in [2.24, 2.45) is 4.99 Å². The van der Waals surface area contributed by atoms with Gasteiger partial charge in [0.2, 0.25) is 0 Å². The molecule has 0 unspecified atom stereocenters. The molecular formula is C34H40N2O7S. The minimum absolute atomic E-state index is 0.0671. The second-order valence-corrected chi connectivity index (χ2v) is 11.3. The van der Waals surface area contributed by atoms with Gasteiger partial charge in [-0.25, -0.2) is 9.79 Å². The summed E-state index contributed by atoms with van der Waals surface area (Å²) in [4.78, 5) is 32.6. The van der Waals surface area contributed by atoms with Gasteiger partial charge in [-0.05, 0) is 89.4 Å². The molecule has 0 saturated carbocycles. The van der Waals surface area contributed by atoms with Crippen molar-refractivity contribution in [3.05, 3.63) is 90.6 Å². The van der Waals surface area contributed by atoms with Crippen molar-refractivity contribution in [3.63, 3.8) is 0 Å². The van der Waals surface area contributed by atoms with Crippen molar-refractivity contribution >= 4 is 23.4 Å². The number of esters is 1. The third-order valence-corrected chi connectivity index (χ3v) is 7.77. The molecule has 9 nitrogen and oxygen atoms in total. The first kappa shape index (κ1) is 32.6. The highest BCUT2D eigenvalue weighted by molar-refractivity contribution is 7.07. The largest absolute Gasteiger partial charge is 0.493 e. The Morgan fingerprint density at radius 2 is 1.82 bits per heavy atom. The molecule has 44 heavy (non-hydrogen) atoms. The number of ether oxygens (including phenoxy) is 5. The molecule has 0 N–H and O–H groups in total. The lowest BCUT2D eigenvalue weighted by Crippen LogP contribution is -2.40. The summed E-state index contributed by atoms with van der Waals surface area (Å²) in [6, 6.07) is 8.47. The third kappa shape index (κ3) is 6.75. The van der Waals surface area contributed by atoms with E-state index in [1.807, 2.05) is 52.0 Å². The molecule has 1 aliphatic heterocycles. The molecule has 1 aliphatic rings. The van der Waals surface area contributed by atoms with Crippen LogP contribution in [0.15, 0.2) is 64.0 Å². The first-order valence-corrected chi connectivity index (χ1v) is 15.6. The fraction of sp³-hybridized carbons (Fsp3) is 0.382. The van der Waals surface area contributed by atoms with Crippen LogP contribution in [0.5, 0.6) is 23.0 Å². The monoisotopic (exact) mass is 620 g/mol. The topological polar surface area (TPSA) is 97.6 Å². The number of carbonyl (C=O) groups excluding carboxylic acids is 1. The van der Waals surface area contributed by atoms with E-state index in [0.29, 0.717) is 68.8 Å². The summed E-state index contributed by atoms with van der Waals surface area (Å²) in [6.07, 6.45) is 4.12. The molecule has 0 radical (unpaired) electrons. The number of aromatic nitrogens is 1. The number of rotatable bonds is 13. The van der Waals surface area contributed by atoms with Crippen LogP contribution in [0.3, 0.4) is 0 Å². The lowest BCUT2D eigenvalue weighted by atomic mass is 9.95. The average molecular weight is 621 g/mol. The Bertz CT molecular complexity index is 1750. The van der Waals surface area contributed by atoms with Crippen LogP contribution < -0.4 is 33.8 Å². The Balaban J connectivity index is 1.95. The van der Waals surface area contributed by atoms with Crippen LogP contribution in [0.1, 0.15) is 64.3 Å². The van der Waals surface area contributed by atoms with E-state index in [-0.39, 0.29) is 18.3 Å².